The number of nitrogens with zero attached hydrogens (tertiary/aromatic N) is 1. The SMILES string of the molecule is Cc1ccc(CC(=O)N2CCC(NC(=O)NC(C)(C)C)CC2)cc1. The molecular weight excluding hydrogens is 302 g/mol. The van der Waals surface area contributed by atoms with E-state index in [4.69, 9.17) is 0 Å². The molecule has 0 atom stereocenters. The Bertz CT molecular complexity index is 567. The minimum atomic E-state index is -0.241. The number of piperidine rings is 1. The molecule has 0 radical (unpaired) electrons. The lowest BCUT2D eigenvalue weighted by atomic mass is 10.0. The number of benzene rings is 1. The van der Waals surface area contributed by atoms with Crippen molar-refractivity contribution in [2.45, 2.75) is 58.5 Å². The van der Waals surface area contributed by atoms with Gasteiger partial charge in [0.1, 0.15) is 0 Å². The lowest BCUT2D eigenvalue weighted by molar-refractivity contribution is -0.131. The zero-order valence-electron chi connectivity index (χ0n) is 15.2. The van der Waals surface area contributed by atoms with Crippen molar-refractivity contribution in [3.63, 3.8) is 0 Å². The second-order valence-corrected chi connectivity index (χ2v) is 7.67. The van der Waals surface area contributed by atoms with Crippen LogP contribution >= 0.6 is 0 Å². The van der Waals surface area contributed by atoms with Crippen LogP contribution < -0.4 is 10.6 Å². The number of carbonyl (C=O) groups is 2. The third kappa shape index (κ3) is 5.87. The highest BCUT2D eigenvalue weighted by molar-refractivity contribution is 5.79. The number of likely N-dealkylation sites (tertiary alicyclic amines) is 1. The fraction of sp³-hybridized carbons (Fsp3) is 0.579. The molecule has 1 aromatic rings. The molecule has 0 spiro atoms. The monoisotopic (exact) mass is 331 g/mol. The van der Waals surface area contributed by atoms with Gasteiger partial charge in [0.25, 0.3) is 0 Å². The first-order valence-corrected chi connectivity index (χ1v) is 8.65. The molecule has 0 unspecified atom stereocenters. The molecule has 1 aliphatic heterocycles. The maximum atomic E-state index is 12.4. The van der Waals surface area contributed by atoms with Gasteiger partial charge in [-0.2, -0.15) is 0 Å². The summed E-state index contributed by atoms with van der Waals surface area (Å²) in [7, 11) is 0. The van der Waals surface area contributed by atoms with Crippen LogP contribution in [0.15, 0.2) is 24.3 Å². The minimum absolute atomic E-state index is 0.132. The number of nitrogens with one attached hydrogen (secondary N) is 2. The van der Waals surface area contributed by atoms with E-state index in [2.05, 4.69) is 10.6 Å². The second kappa shape index (κ2) is 7.69. The Morgan fingerprint density at radius 1 is 1.12 bits per heavy atom. The zero-order chi connectivity index (χ0) is 17.7. The fourth-order valence-electron chi connectivity index (χ4n) is 2.83. The number of hydrogen-bond acceptors (Lipinski definition) is 2. The molecule has 2 rings (SSSR count). The van der Waals surface area contributed by atoms with Gasteiger partial charge in [0.15, 0.2) is 0 Å². The van der Waals surface area contributed by atoms with Crippen molar-refractivity contribution in [3.8, 4) is 0 Å². The summed E-state index contributed by atoms with van der Waals surface area (Å²) in [5.41, 5.74) is 2.01. The van der Waals surface area contributed by atoms with E-state index in [1.165, 1.54) is 5.56 Å². The topological polar surface area (TPSA) is 61.4 Å². The van der Waals surface area contributed by atoms with Crippen molar-refractivity contribution in [1.29, 1.82) is 0 Å². The van der Waals surface area contributed by atoms with Gasteiger partial charge < -0.3 is 15.5 Å². The zero-order valence-corrected chi connectivity index (χ0v) is 15.2. The number of hydrogen-bond donors (Lipinski definition) is 2. The largest absolute Gasteiger partial charge is 0.342 e. The number of amides is 3. The number of rotatable bonds is 3. The van der Waals surface area contributed by atoms with Crippen LogP contribution in [0, 0.1) is 6.92 Å². The summed E-state index contributed by atoms with van der Waals surface area (Å²) >= 11 is 0. The van der Waals surface area contributed by atoms with Gasteiger partial charge in [-0.05, 0) is 46.1 Å². The van der Waals surface area contributed by atoms with Crippen LogP contribution in [0.25, 0.3) is 0 Å². The average molecular weight is 331 g/mol. The molecular formula is C19H29N3O2. The first-order valence-electron chi connectivity index (χ1n) is 8.65. The summed E-state index contributed by atoms with van der Waals surface area (Å²) in [4.78, 5) is 26.2. The van der Waals surface area contributed by atoms with Gasteiger partial charge in [-0.25, -0.2) is 4.79 Å². The van der Waals surface area contributed by atoms with Crippen LogP contribution in [0.4, 0.5) is 4.79 Å². The fourth-order valence-corrected chi connectivity index (χ4v) is 2.83. The van der Waals surface area contributed by atoms with Crippen molar-refractivity contribution in [2.24, 2.45) is 0 Å². The highest BCUT2D eigenvalue weighted by Gasteiger charge is 2.24. The quantitative estimate of drug-likeness (QED) is 0.894. The molecule has 5 nitrogen and oxygen atoms in total. The molecule has 24 heavy (non-hydrogen) atoms. The maximum Gasteiger partial charge on any atom is 0.315 e. The van der Waals surface area contributed by atoms with E-state index in [1.807, 2.05) is 56.9 Å². The molecule has 5 heteroatoms. The first-order chi connectivity index (χ1) is 11.2. The summed E-state index contributed by atoms with van der Waals surface area (Å²) in [6.45, 7) is 9.31. The number of aryl methyl sites for hydroxylation is 1. The molecule has 1 aliphatic rings. The Labute approximate surface area is 144 Å². The molecule has 1 heterocycles. The molecule has 132 valence electrons. The highest BCUT2D eigenvalue weighted by atomic mass is 16.2. The third-order valence-electron chi connectivity index (χ3n) is 4.15. The molecule has 3 amide bonds. The third-order valence-corrected chi connectivity index (χ3v) is 4.15. The molecule has 0 saturated carbocycles. The summed E-state index contributed by atoms with van der Waals surface area (Å²) < 4.78 is 0. The summed E-state index contributed by atoms with van der Waals surface area (Å²) in [5.74, 6) is 0.163. The Morgan fingerprint density at radius 2 is 1.71 bits per heavy atom. The van der Waals surface area contributed by atoms with Crippen molar-refractivity contribution in [3.05, 3.63) is 35.4 Å². The summed E-state index contributed by atoms with van der Waals surface area (Å²) in [6, 6.07) is 8.10. The molecule has 1 saturated heterocycles. The van der Waals surface area contributed by atoms with Crippen molar-refractivity contribution in [2.75, 3.05) is 13.1 Å². The molecule has 2 N–H and O–H groups in total. The summed E-state index contributed by atoms with van der Waals surface area (Å²) in [5, 5.41) is 5.91. The van der Waals surface area contributed by atoms with Crippen LogP contribution in [0.1, 0.15) is 44.7 Å². The highest BCUT2D eigenvalue weighted by Crippen LogP contribution is 2.13. The van der Waals surface area contributed by atoms with E-state index in [1.54, 1.807) is 0 Å². The van der Waals surface area contributed by atoms with Crippen LogP contribution in [-0.4, -0.2) is 41.5 Å². The van der Waals surface area contributed by atoms with Gasteiger partial charge in [-0.3, -0.25) is 4.79 Å². The van der Waals surface area contributed by atoms with E-state index < -0.39 is 0 Å². The number of urea groups is 1. The van der Waals surface area contributed by atoms with Crippen molar-refractivity contribution in [1.82, 2.24) is 15.5 Å². The first kappa shape index (κ1) is 18.3. The average Bonchev–Trinajstić information content (AvgIpc) is 2.48. The second-order valence-electron chi connectivity index (χ2n) is 7.67. The van der Waals surface area contributed by atoms with Gasteiger partial charge in [-0.1, -0.05) is 29.8 Å². The van der Waals surface area contributed by atoms with Gasteiger partial charge in [0.2, 0.25) is 5.91 Å². The predicted octanol–water partition coefficient (Wildman–Crippen LogP) is 2.63. The van der Waals surface area contributed by atoms with Gasteiger partial charge in [0.05, 0.1) is 6.42 Å². The Morgan fingerprint density at radius 3 is 2.25 bits per heavy atom. The molecule has 0 aromatic heterocycles. The van der Waals surface area contributed by atoms with Crippen LogP contribution in [-0.2, 0) is 11.2 Å². The standard InChI is InChI=1S/C19H29N3O2/c1-14-5-7-15(8-6-14)13-17(23)22-11-9-16(10-12-22)20-18(24)21-19(2,3)4/h5-8,16H,9-13H2,1-4H3,(H2,20,21,24). The van der Waals surface area contributed by atoms with Crippen LogP contribution in [0.5, 0.6) is 0 Å². The van der Waals surface area contributed by atoms with E-state index in [0.717, 1.165) is 18.4 Å². The summed E-state index contributed by atoms with van der Waals surface area (Å²) in [6.07, 6.45) is 2.05. The van der Waals surface area contributed by atoms with E-state index in [9.17, 15) is 9.59 Å². The lowest BCUT2D eigenvalue weighted by Gasteiger charge is -2.33. The number of carbonyl (C=O) groups excluding carboxylic acids is 2. The van der Waals surface area contributed by atoms with Gasteiger partial charge in [-0.15, -0.1) is 0 Å². The maximum absolute atomic E-state index is 12.4. The van der Waals surface area contributed by atoms with Crippen LogP contribution in [0.3, 0.4) is 0 Å². The van der Waals surface area contributed by atoms with E-state index in [-0.39, 0.29) is 23.5 Å². The van der Waals surface area contributed by atoms with Gasteiger partial charge >= 0.3 is 6.03 Å². The molecule has 0 bridgehead atoms. The predicted molar refractivity (Wildman–Crippen MR) is 95.9 cm³/mol. The minimum Gasteiger partial charge on any atom is -0.342 e. The van der Waals surface area contributed by atoms with Crippen LogP contribution in [0.2, 0.25) is 0 Å². The van der Waals surface area contributed by atoms with E-state index >= 15 is 0 Å². The lowest BCUT2D eigenvalue weighted by Crippen LogP contribution is -2.52. The Kier molecular flexibility index (Phi) is 5.86. The van der Waals surface area contributed by atoms with Gasteiger partial charge in [0, 0.05) is 24.7 Å². The molecule has 1 aromatic carbocycles. The molecule has 0 aliphatic carbocycles. The van der Waals surface area contributed by atoms with E-state index in [0.29, 0.717) is 19.5 Å². The Balaban J connectivity index is 1.76. The normalized spacial score (nSPS) is 15.9. The van der Waals surface area contributed by atoms with Crippen molar-refractivity contribution >= 4 is 11.9 Å². The van der Waals surface area contributed by atoms with Crippen molar-refractivity contribution < 1.29 is 9.59 Å². The Hall–Kier alpha value is -2.04. The molecule has 1 fully saturated rings. The smallest absolute Gasteiger partial charge is 0.315 e.